The van der Waals surface area contributed by atoms with E-state index < -0.39 is 0 Å². The highest BCUT2D eigenvalue weighted by Crippen LogP contribution is 2.29. The lowest BCUT2D eigenvalue weighted by Gasteiger charge is -2.12. The number of pyridine rings is 1. The highest BCUT2D eigenvalue weighted by Gasteiger charge is 2.14. The summed E-state index contributed by atoms with van der Waals surface area (Å²) < 4.78 is 16.8. The predicted molar refractivity (Wildman–Crippen MR) is 95.9 cm³/mol. The molecule has 1 atom stereocenters. The summed E-state index contributed by atoms with van der Waals surface area (Å²) in [6, 6.07) is 10.7. The first kappa shape index (κ1) is 17.4. The van der Waals surface area contributed by atoms with Crippen molar-refractivity contribution in [1.82, 2.24) is 15.2 Å². The molecule has 0 spiro atoms. The molecule has 0 aliphatic carbocycles. The van der Waals surface area contributed by atoms with Crippen LogP contribution in [-0.2, 0) is 0 Å². The Bertz CT molecular complexity index is 809. The van der Waals surface area contributed by atoms with Crippen LogP contribution in [0.15, 0.2) is 42.6 Å². The van der Waals surface area contributed by atoms with Crippen LogP contribution in [0.4, 0.5) is 0 Å². The fraction of sp³-hybridized carbons (Fsp3) is 0.235. The third-order valence-electron chi connectivity index (χ3n) is 3.10. The van der Waals surface area contributed by atoms with Crippen LogP contribution >= 0.6 is 22.9 Å². The zero-order valence-corrected chi connectivity index (χ0v) is 15.3. The van der Waals surface area contributed by atoms with Crippen molar-refractivity contribution in [3.8, 4) is 22.6 Å². The molecule has 3 aromatic rings. The smallest absolute Gasteiger partial charge is 0.294 e. The van der Waals surface area contributed by atoms with Crippen LogP contribution in [-0.4, -0.2) is 21.8 Å². The van der Waals surface area contributed by atoms with Gasteiger partial charge in [0, 0.05) is 12.3 Å². The molecular formula is C17H16ClN3O3S. The van der Waals surface area contributed by atoms with Gasteiger partial charge < -0.3 is 14.2 Å². The standard InChI is InChI=1S/C17H16ClN3O3S/c1-3-22-17-21-20-16(25-17)11(2)23-13-5-7-14(8-6-13)24-15-9-4-12(18)10-19-15/h4-11H,3H2,1-2H3. The molecule has 3 rings (SSSR count). The minimum Gasteiger partial charge on any atom is -0.483 e. The van der Waals surface area contributed by atoms with E-state index in [1.165, 1.54) is 17.5 Å². The minimum absolute atomic E-state index is 0.226. The van der Waals surface area contributed by atoms with Crippen molar-refractivity contribution in [3.63, 3.8) is 0 Å². The summed E-state index contributed by atoms with van der Waals surface area (Å²) in [5.74, 6) is 1.84. The highest BCUT2D eigenvalue weighted by molar-refractivity contribution is 7.13. The summed E-state index contributed by atoms with van der Waals surface area (Å²) in [5.41, 5.74) is 0. The summed E-state index contributed by atoms with van der Waals surface area (Å²) in [4.78, 5) is 4.09. The molecule has 0 saturated heterocycles. The number of nitrogens with zero attached hydrogens (tertiary/aromatic N) is 3. The Labute approximate surface area is 154 Å². The average molecular weight is 378 g/mol. The summed E-state index contributed by atoms with van der Waals surface area (Å²) in [6.07, 6.45) is 1.31. The molecule has 25 heavy (non-hydrogen) atoms. The van der Waals surface area contributed by atoms with E-state index in [2.05, 4.69) is 15.2 Å². The molecule has 2 heterocycles. The molecule has 0 radical (unpaired) electrons. The summed E-state index contributed by atoms with van der Waals surface area (Å²) in [6.45, 7) is 4.39. The zero-order valence-electron chi connectivity index (χ0n) is 13.7. The lowest BCUT2D eigenvalue weighted by atomic mass is 10.3. The van der Waals surface area contributed by atoms with Gasteiger partial charge in [-0.15, -0.1) is 5.10 Å². The molecule has 0 bridgehead atoms. The number of benzene rings is 1. The van der Waals surface area contributed by atoms with E-state index in [0.29, 0.717) is 34.2 Å². The maximum Gasteiger partial charge on any atom is 0.294 e. The van der Waals surface area contributed by atoms with Crippen LogP contribution in [0, 0.1) is 0 Å². The Hall–Kier alpha value is -2.38. The van der Waals surface area contributed by atoms with E-state index in [1.54, 1.807) is 12.1 Å². The molecule has 0 aliphatic rings. The predicted octanol–water partition coefficient (Wildman–Crippen LogP) is 4.92. The van der Waals surface area contributed by atoms with Crippen LogP contribution in [0.1, 0.15) is 25.0 Å². The molecule has 0 aliphatic heterocycles. The van der Waals surface area contributed by atoms with Gasteiger partial charge in [0.1, 0.15) is 17.6 Å². The van der Waals surface area contributed by atoms with Crippen molar-refractivity contribution < 1.29 is 14.2 Å². The molecule has 1 unspecified atom stereocenters. The van der Waals surface area contributed by atoms with Crippen molar-refractivity contribution in [2.24, 2.45) is 0 Å². The normalized spacial score (nSPS) is 11.8. The molecule has 6 nitrogen and oxygen atoms in total. The van der Waals surface area contributed by atoms with E-state index in [9.17, 15) is 0 Å². The van der Waals surface area contributed by atoms with Gasteiger partial charge in [-0.25, -0.2) is 4.98 Å². The molecular weight excluding hydrogens is 362 g/mol. The van der Waals surface area contributed by atoms with E-state index >= 15 is 0 Å². The first-order valence-electron chi connectivity index (χ1n) is 7.66. The zero-order chi connectivity index (χ0) is 17.6. The van der Waals surface area contributed by atoms with Crippen molar-refractivity contribution in [3.05, 3.63) is 52.6 Å². The molecule has 2 aromatic heterocycles. The Morgan fingerprint density at radius 1 is 1.08 bits per heavy atom. The van der Waals surface area contributed by atoms with Crippen LogP contribution < -0.4 is 14.2 Å². The van der Waals surface area contributed by atoms with E-state index in [-0.39, 0.29) is 6.10 Å². The number of rotatable bonds is 7. The Morgan fingerprint density at radius 3 is 2.52 bits per heavy atom. The van der Waals surface area contributed by atoms with Gasteiger partial charge in [-0.1, -0.05) is 28.0 Å². The lowest BCUT2D eigenvalue weighted by Crippen LogP contribution is -2.02. The quantitative estimate of drug-likeness (QED) is 0.582. The minimum atomic E-state index is -0.226. The summed E-state index contributed by atoms with van der Waals surface area (Å²) >= 11 is 7.18. The van der Waals surface area contributed by atoms with Gasteiger partial charge in [-0.05, 0) is 44.2 Å². The van der Waals surface area contributed by atoms with Crippen molar-refractivity contribution in [2.75, 3.05) is 6.61 Å². The van der Waals surface area contributed by atoms with E-state index in [1.807, 2.05) is 38.1 Å². The van der Waals surface area contributed by atoms with Crippen molar-refractivity contribution in [2.45, 2.75) is 20.0 Å². The summed E-state index contributed by atoms with van der Waals surface area (Å²) in [7, 11) is 0. The molecule has 0 saturated carbocycles. The maximum absolute atomic E-state index is 5.88. The Morgan fingerprint density at radius 2 is 1.84 bits per heavy atom. The van der Waals surface area contributed by atoms with Crippen molar-refractivity contribution in [1.29, 1.82) is 0 Å². The molecule has 0 fully saturated rings. The number of hydrogen-bond donors (Lipinski definition) is 0. The average Bonchev–Trinajstić information content (AvgIpc) is 3.08. The topological polar surface area (TPSA) is 66.4 Å². The number of halogens is 1. The molecule has 0 amide bonds. The number of aromatic nitrogens is 3. The molecule has 1 aromatic carbocycles. The Balaban J connectivity index is 1.60. The van der Waals surface area contributed by atoms with E-state index in [4.69, 9.17) is 25.8 Å². The molecule has 130 valence electrons. The van der Waals surface area contributed by atoms with Crippen molar-refractivity contribution >= 4 is 22.9 Å². The highest BCUT2D eigenvalue weighted by atomic mass is 35.5. The van der Waals surface area contributed by atoms with Gasteiger partial charge in [0.2, 0.25) is 5.88 Å². The Kier molecular flexibility index (Phi) is 5.67. The van der Waals surface area contributed by atoms with Gasteiger partial charge in [0.05, 0.1) is 11.6 Å². The first-order chi connectivity index (χ1) is 12.1. The SMILES string of the molecule is CCOc1nnc(C(C)Oc2ccc(Oc3ccc(Cl)cn3)cc2)s1. The first-order valence-corrected chi connectivity index (χ1v) is 8.86. The largest absolute Gasteiger partial charge is 0.483 e. The summed E-state index contributed by atoms with van der Waals surface area (Å²) in [5, 5.41) is 9.92. The van der Waals surface area contributed by atoms with E-state index in [0.717, 1.165) is 5.01 Å². The van der Waals surface area contributed by atoms with Gasteiger partial charge in [0.15, 0.2) is 5.01 Å². The molecule has 0 N–H and O–H groups in total. The van der Waals surface area contributed by atoms with Gasteiger partial charge >= 0.3 is 0 Å². The third-order valence-corrected chi connectivity index (χ3v) is 4.32. The molecule has 8 heteroatoms. The van der Waals surface area contributed by atoms with Gasteiger partial charge in [-0.3, -0.25) is 0 Å². The maximum atomic E-state index is 5.88. The fourth-order valence-corrected chi connectivity index (χ4v) is 2.80. The number of hydrogen-bond acceptors (Lipinski definition) is 7. The van der Waals surface area contributed by atoms with Gasteiger partial charge in [0.25, 0.3) is 5.19 Å². The van der Waals surface area contributed by atoms with Gasteiger partial charge in [-0.2, -0.15) is 0 Å². The monoisotopic (exact) mass is 377 g/mol. The van der Waals surface area contributed by atoms with Crippen LogP contribution in [0.5, 0.6) is 22.6 Å². The lowest BCUT2D eigenvalue weighted by molar-refractivity contribution is 0.225. The fourth-order valence-electron chi connectivity index (χ4n) is 1.95. The third kappa shape index (κ3) is 4.80. The second kappa shape index (κ2) is 8.13. The second-order valence-corrected chi connectivity index (χ2v) is 6.40. The van der Waals surface area contributed by atoms with Crippen LogP contribution in [0.2, 0.25) is 5.02 Å². The van der Waals surface area contributed by atoms with Crippen LogP contribution in [0.25, 0.3) is 0 Å². The second-order valence-electron chi connectivity index (χ2n) is 4.99. The van der Waals surface area contributed by atoms with Crippen LogP contribution in [0.3, 0.4) is 0 Å². The number of ether oxygens (including phenoxy) is 3.